The van der Waals surface area contributed by atoms with E-state index in [2.05, 4.69) is 13.0 Å². The van der Waals surface area contributed by atoms with Crippen LogP contribution in [-0.2, 0) is 4.79 Å². The molecule has 0 radical (unpaired) electrons. The quantitative estimate of drug-likeness (QED) is 0.806. The number of aryl methyl sites for hydroxylation is 1. The van der Waals surface area contributed by atoms with Gasteiger partial charge >= 0.3 is 0 Å². The number of ether oxygens (including phenoxy) is 2. The number of piperidine rings is 1. The number of para-hydroxylation sites is 2. The number of nitrogens with zero attached hydrogens (tertiary/aromatic N) is 1. The molecule has 0 N–H and O–H groups in total. The van der Waals surface area contributed by atoms with Gasteiger partial charge in [0.1, 0.15) is 11.5 Å². The summed E-state index contributed by atoms with van der Waals surface area (Å²) in [7, 11) is 0. The van der Waals surface area contributed by atoms with Gasteiger partial charge in [-0.1, -0.05) is 36.4 Å². The van der Waals surface area contributed by atoms with E-state index in [0.29, 0.717) is 12.5 Å². The molecule has 0 aromatic heterocycles. The Hall–Kier alpha value is -2.49. The van der Waals surface area contributed by atoms with Gasteiger partial charge < -0.3 is 14.4 Å². The molecule has 0 unspecified atom stereocenters. The zero-order chi connectivity index (χ0) is 17.5. The molecular weight excluding hydrogens is 314 g/mol. The lowest BCUT2D eigenvalue weighted by Crippen LogP contribution is -2.42. The SMILES string of the molecule is Cc1ccccc1OCC1CCN(C(=O)COc2ccccc2)CC1. The average molecular weight is 339 g/mol. The second kappa shape index (κ2) is 8.56. The number of benzene rings is 2. The van der Waals surface area contributed by atoms with E-state index < -0.39 is 0 Å². The summed E-state index contributed by atoms with van der Waals surface area (Å²) in [5.41, 5.74) is 1.16. The molecule has 3 rings (SSSR count). The van der Waals surface area contributed by atoms with Crippen LogP contribution in [0.3, 0.4) is 0 Å². The van der Waals surface area contributed by atoms with Gasteiger partial charge in [0.2, 0.25) is 0 Å². The van der Waals surface area contributed by atoms with Crippen LogP contribution in [0.1, 0.15) is 18.4 Å². The zero-order valence-electron chi connectivity index (χ0n) is 14.7. The molecule has 1 fully saturated rings. The average Bonchev–Trinajstić information content (AvgIpc) is 2.67. The van der Waals surface area contributed by atoms with Gasteiger partial charge in [-0.15, -0.1) is 0 Å². The van der Waals surface area contributed by atoms with Gasteiger partial charge in [-0.3, -0.25) is 4.79 Å². The summed E-state index contributed by atoms with van der Waals surface area (Å²) in [5.74, 6) is 2.25. The highest BCUT2D eigenvalue weighted by Crippen LogP contribution is 2.22. The first kappa shape index (κ1) is 17.3. The van der Waals surface area contributed by atoms with Gasteiger partial charge in [0.05, 0.1) is 6.61 Å². The summed E-state index contributed by atoms with van der Waals surface area (Å²) in [4.78, 5) is 14.2. The Balaban J connectivity index is 1.39. The van der Waals surface area contributed by atoms with Gasteiger partial charge in [-0.2, -0.15) is 0 Å². The molecule has 0 aliphatic carbocycles. The van der Waals surface area contributed by atoms with Crippen molar-refractivity contribution < 1.29 is 14.3 Å². The number of carbonyl (C=O) groups excluding carboxylic acids is 1. The first-order chi connectivity index (χ1) is 12.2. The molecule has 1 aliphatic heterocycles. The summed E-state index contributed by atoms with van der Waals surface area (Å²) < 4.78 is 11.5. The van der Waals surface area contributed by atoms with Crippen LogP contribution in [-0.4, -0.2) is 37.1 Å². The summed E-state index contributed by atoms with van der Waals surface area (Å²) in [6.45, 7) is 4.43. The fraction of sp³-hybridized carbons (Fsp3) is 0.381. The molecule has 0 bridgehead atoms. The third kappa shape index (κ3) is 4.99. The zero-order valence-corrected chi connectivity index (χ0v) is 14.7. The topological polar surface area (TPSA) is 38.8 Å². The van der Waals surface area contributed by atoms with E-state index >= 15 is 0 Å². The number of amides is 1. The Kier molecular flexibility index (Phi) is 5.94. The fourth-order valence-electron chi connectivity index (χ4n) is 3.03. The molecule has 0 saturated carbocycles. The van der Waals surface area contributed by atoms with Crippen LogP contribution in [0.15, 0.2) is 54.6 Å². The van der Waals surface area contributed by atoms with Crippen molar-refractivity contribution in [3.8, 4) is 11.5 Å². The van der Waals surface area contributed by atoms with Crippen molar-refractivity contribution in [1.29, 1.82) is 0 Å². The molecule has 2 aromatic carbocycles. The predicted molar refractivity (Wildman–Crippen MR) is 97.9 cm³/mol. The second-order valence-electron chi connectivity index (χ2n) is 6.50. The van der Waals surface area contributed by atoms with Crippen molar-refractivity contribution in [2.45, 2.75) is 19.8 Å². The molecule has 0 atom stereocenters. The van der Waals surface area contributed by atoms with E-state index in [0.717, 1.165) is 43.0 Å². The maximum Gasteiger partial charge on any atom is 0.260 e. The Labute approximate surface area is 149 Å². The van der Waals surface area contributed by atoms with Crippen molar-refractivity contribution in [3.05, 3.63) is 60.2 Å². The number of hydrogen-bond donors (Lipinski definition) is 0. The largest absolute Gasteiger partial charge is 0.493 e. The van der Waals surface area contributed by atoms with E-state index in [1.165, 1.54) is 0 Å². The maximum absolute atomic E-state index is 12.3. The van der Waals surface area contributed by atoms with Crippen LogP contribution in [0.2, 0.25) is 0 Å². The van der Waals surface area contributed by atoms with Gasteiger partial charge in [-0.25, -0.2) is 0 Å². The number of likely N-dealkylation sites (tertiary alicyclic amines) is 1. The second-order valence-corrected chi connectivity index (χ2v) is 6.50. The van der Waals surface area contributed by atoms with Crippen LogP contribution in [0.4, 0.5) is 0 Å². The summed E-state index contributed by atoms with van der Waals surface area (Å²) in [6, 6.07) is 17.5. The van der Waals surface area contributed by atoms with E-state index in [-0.39, 0.29) is 12.5 Å². The van der Waals surface area contributed by atoms with Gasteiger partial charge in [-0.05, 0) is 49.4 Å². The first-order valence-corrected chi connectivity index (χ1v) is 8.86. The molecule has 1 heterocycles. The van der Waals surface area contributed by atoms with Crippen molar-refractivity contribution in [1.82, 2.24) is 4.90 Å². The lowest BCUT2D eigenvalue weighted by atomic mass is 9.98. The van der Waals surface area contributed by atoms with E-state index in [1.807, 2.05) is 53.4 Å². The predicted octanol–water partition coefficient (Wildman–Crippen LogP) is 3.69. The Bertz CT molecular complexity index is 679. The normalized spacial score (nSPS) is 15.0. The Morgan fingerprint density at radius 3 is 2.40 bits per heavy atom. The first-order valence-electron chi connectivity index (χ1n) is 8.86. The summed E-state index contributed by atoms with van der Waals surface area (Å²) in [6.07, 6.45) is 1.95. The molecular formula is C21H25NO3. The molecule has 1 aliphatic rings. The molecule has 1 saturated heterocycles. The molecule has 132 valence electrons. The number of hydrogen-bond acceptors (Lipinski definition) is 3. The van der Waals surface area contributed by atoms with Crippen molar-refractivity contribution in [3.63, 3.8) is 0 Å². The highest BCUT2D eigenvalue weighted by atomic mass is 16.5. The molecule has 0 spiro atoms. The third-order valence-electron chi connectivity index (χ3n) is 4.64. The monoisotopic (exact) mass is 339 g/mol. The van der Waals surface area contributed by atoms with Gasteiger partial charge in [0.15, 0.2) is 6.61 Å². The van der Waals surface area contributed by atoms with Crippen LogP contribution in [0.25, 0.3) is 0 Å². The third-order valence-corrected chi connectivity index (χ3v) is 4.64. The van der Waals surface area contributed by atoms with Crippen LogP contribution >= 0.6 is 0 Å². The lowest BCUT2D eigenvalue weighted by molar-refractivity contribution is -0.134. The van der Waals surface area contributed by atoms with Gasteiger partial charge in [0, 0.05) is 13.1 Å². The van der Waals surface area contributed by atoms with Crippen LogP contribution in [0.5, 0.6) is 11.5 Å². The minimum Gasteiger partial charge on any atom is -0.493 e. The van der Waals surface area contributed by atoms with Crippen LogP contribution in [0, 0.1) is 12.8 Å². The van der Waals surface area contributed by atoms with Crippen molar-refractivity contribution in [2.75, 3.05) is 26.3 Å². The number of carbonyl (C=O) groups is 1. The minimum atomic E-state index is 0.0575. The van der Waals surface area contributed by atoms with Crippen molar-refractivity contribution in [2.24, 2.45) is 5.92 Å². The number of rotatable bonds is 6. The molecule has 1 amide bonds. The van der Waals surface area contributed by atoms with E-state index in [9.17, 15) is 4.79 Å². The van der Waals surface area contributed by atoms with Crippen LogP contribution < -0.4 is 9.47 Å². The summed E-state index contributed by atoms with van der Waals surface area (Å²) >= 11 is 0. The van der Waals surface area contributed by atoms with Crippen molar-refractivity contribution >= 4 is 5.91 Å². The minimum absolute atomic E-state index is 0.0575. The summed E-state index contributed by atoms with van der Waals surface area (Å²) in [5, 5.41) is 0. The molecule has 25 heavy (non-hydrogen) atoms. The van der Waals surface area contributed by atoms with Gasteiger partial charge in [0.25, 0.3) is 5.91 Å². The van der Waals surface area contributed by atoms with E-state index in [4.69, 9.17) is 9.47 Å². The standard InChI is InChI=1S/C21H25NO3/c1-17-7-5-6-10-20(17)25-15-18-11-13-22(14-12-18)21(23)16-24-19-8-3-2-4-9-19/h2-10,18H,11-16H2,1H3. The molecule has 2 aromatic rings. The molecule has 4 nitrogen and oxygen atoms in total. The Morgan fingerprint density at radius 1 is 1.00 bits per heavy atom. The van der Waals surface area contributed by atoms with E-state index in [1.54, 1.807) is 0 Å². The maximum atomic E-state index is 12.3. The smallest absolute Gasteiger partial charge is 0.260 e. The lowest BCUT2D eigenvalue weighted by Gasteiger charge is -2.32. The Morgan fingerprint density at radius 2 is 1.68 bits per heavy atom. The highest BCUT2D eigenvalue weighted by molar-refractivity contribution is 5.77. The molecule has 4 heteroatoms. The fourth-order valence-corrected chi connectivity index (χ4v) is 3.03. The highest BCUT2D eigenvalue weighted by Gasteiger charge is 2.23.